The van der Waals surface area contributed by atoms with Crippen LogP contribution >= 0.6 is 0 Å². The smallest absolute Gasteiger partial charge is 0.0163 e. The first-order valence-corrected chi connectivity index (χ1v) is 11.8. The molecule has 0 rings (SSSR count). The molecule has 0 heteroatoms. The highest BCUT2D eigenvalue weighted by Crippen LogP contribution is 2.13. The van der Waals surface area contributed by atoms with Crippen molar-refractivity contribution in [2.45, 2.75) is 106 Å². The lowest BCUT2D eigenvalue weighted by molar-refractivity contribution is 0.915. The fourth-order valence-electron chi connectivity index (χ4n) is 3.12. The van der Waals surface area contributed by atoms with E-state index >= 15 is 0 Å². The van der Waals surface area contributed by atoms with Crippen molar-refractivity contribution in [2.24, 2.45) is 0 Å². The van der Waals surface area contributed by atoms with Crippen molar-refractivity contribution in [1.29, 1.82) is 0 Å². The molecule has 0 aliphatic heterocycles. The largest absolute Gasteiger partial charge is 0.0958 e. The van der Waals surface area contributed by atoms with Crippen LogP contribution in [0.5, 0.6) is 0 Å². The lowest BCUT2D eigenvalue weighted by Crippen LogP contribution is -1.81. The first kappa shape index (κ1) is 28.2. The van der Waals surface area contributed by atoms with Crippen LogP contribution in [-0.2, 0) is 0 Å². The molecule has 0 N–H and O–H groups in total. The molecule has 0 saturated carbocycles. The topological polar surface area (TPSA) is 0 Å². The maximum Gasteiger partial charge on any atom is -0.0163 e. The van der Waals surface area contributed by atoms with Crippen LogP contribution in [0, 0.1) is 0 Å². The summed E-state index contributed by atoms with van der Waals surface area (Å²) < 4.78 is 0. The van der Waals surface area contributed by atoms with Crippen molar-refractivity contribution < 1.29 is 0 Å². The van der Waals surface area contributed by atoms with Gasteiger partial charge in [0.05, 0.1) is 0 Å². The summed E-state index contributed by atoms with van der Waals surface area (Å²) in [5.74, 6) is 0. The van der Waals surface area contributed by atoms with E-state index in [9.17, 15) is 0 Å². The lowest BCUT2D eigenvalue weighted by atomic mass is 10.1. The summed E-state index contributed by atoms with van der Waals surface area (Å²) in [5.41, 5.74) is 8.53. The average Bonchev–Trinajstić information content (AvgIpc) is 2.64. The SMILES string of the molecule is C=C(C=CCC=C(C)CCC=C(C)CCC=C(C)C)CCC=C(C)CCC=C(C)C. The van der Waals surface area contributed by atoms with Gasteiger partial charge in [0.25, 0.3) is 0 Å². The van der Waals surface area contributed by atoms with Gasteiger partial charge >= 0.3 is 0 Å². The van der Waals surface area contributed by atoms with E-state index in [1.807, 2.05) is 0 Å². The molecule has 0 fully saturated rings. The first-order valence-electron chi connectivity index (χ1n) is 11.8. The second-order valence-electron chi connectivity index (χ2n) is 9.17. The van der Waals surface area contributed by atoms with Crippen molar-refractivity contribution in [3.63, 3.8) is 0 Å². The van der Waals surface area contributed by atoms with E-state index in [0.29, 0.717) is 0 Å². The lowest BCUT2D eigenvalue weighted by Gasteiger charge is -2.01. The molecule has 0 unspecified atom stereocenters. The Labute approximate surface area is 188 Å². The summed E-state index contributed by atoms with van der Waals surface area (Å²) in [6.07, 6.45) is 26.4. The molecule has 0 aliphatic rings. The number of allylic oxidation sites excluding steroid dienone is 13. The van der Waals surface area contributed by atoms with Crippen LogP contribution in [0.2, 0.25) is 0 Å². The van der Waals surface area contributed by atoms with Crippen molar-refractivity contribution >= 4 is 0 Å². The van der Waals surface area contributed by atoms with E-state index < -0.39 is 0 Å². The van der Waals surface area contributed by atoms with Crippen LogP contribution in [0.1, 0.15) is 106 Å². The van der Waals surface area contributed by atoms with Gasteiger partial charge in [-0.1, -0.05) is 82.5 Å². The zero-order valence-electron chi connectivity index (χ0n) is 21.1. The second-order valence-corrected chi connectivity index (χ2v) is 9.17. The predicted octanol–water partition coefficient (Wildman–Crippen LogP) is 10.4. The molecule has 0 saturated heterocycles. The van der Waals surface area contributed by atoms with Crippen LogP contribution in [0.15, 0.2) is 82.5 Å². The standard InChI is InChI=1S/C30H48/c1-25(2)15-11-19-29(7)23-13-21-27(5)17-9-10-18-28(6)22-14-24-30(8)20-12-16-26(3)4/h9,15-18,23-24H,5,10-14,19-22H2,1-4,6-8H3. The third-order valence-electron chi connectivity index (χ3n) is 5.13. The summed E-state index contributed by atoms with van der Waals surface area (Å²) in [4.78, 5) is 0. The van der Waals surface area contributed by atoms with Gasteiger partial charge < -0.3 is 0 Å². The highest BCUT2D eigenvalue weighted by molar-refractivity contribution is 5.17. The van der Waals surface area contributed by atoms with Crippen LogP contribution < -0.4 is 0 Å². The quantitative estimate of drug-likeness (QED) is 0.187. The zero-order valence-corrected chi connectivity index (χ0v) is 21.1. The Balaban J connectivity index is 4.07. The highest BCUT2D eigenvalue weighted by atomic mass is 14.0. The van der Waals surface area contributed by atoms with Crippen LogP contribution in [0.25, 0.3) is 0 Å². The molecule has 0 aliphatic carbocycles. The molecule has 0 bridgehead atoms. The third kappa shape index (κ3) is 19.5. The molecule has 168 valence electrons. The van der Waals surface area contributed by atoms with E-state index in [1.165, 1.54) is 52.7 Å². The summed E-state index contributed by atoms with van der Waals surface area (Å²) >= 11 is 0. The summed E-state index contributed by atoms with van der Waals surface area (Å²) in [6.45, 7) is 19.6. The fraction of sp³-hybridized carbons (Fsp3) is 0.533. The van der Waals surface area contributed by atoms with Gasteiger partial charge in [-0.05, 0) is 106 Å². The predicted molar refractivity (Wildman–Crippen MR) is 140 cm³/mol. The maximum absolute atomic E-state index is 4.20. The van der Waals surface area contributed by atoms with E-state index in [-0.39, 0.29) is 0 Å². The molecule has 0 aromatic carbocycles. The summed E-state index contributed by atoms with van der Waals surface area (Å²) in [7, 11) is 0. The number of rotatable bonds is 15. The Morgan fingerprint density at radius 3 is 1.40 bits per heavy atom. The molecule has 0 aromatic heterocycles. The molecule has 0 nitrogen and oxygen atoms in total. The first-order chi connectivity index (χ1) is 14.2. The van der Waals surface area contributed by atoms with Crippen molar-refractivity contribution in [3.05, 3.63) is 82.5 Å². The Hall–Kier alpha value is -1.82. The number of hydrogen-bond donors (Lipinski definition) is 0. The minimum atomic E-state index is 1.01. The number of hydrogen-bond acceptors (Lipinski definition) is 0. The second kappa shape index (κ2) is 18.0. The molecular weight excluding hydrogens is 360 g/mol. The average molecular weight is 409 g/mol. The Bertz CT molecular complexity index is 663. The fourth-order valence-corrected chi connectivity index (χ4v) is 3.12. The van der Waals surface area contributed by atoms with Gasteiger partial charge in [0.15, 0.2) is 0 Å². The van der Waals surface area contributed by atoms with Gasteiger partial charge in [-0.25, -0.2) is 0 Å². The van der Waals surface area contributed by atoms with E-state index in [0.717, 1.165) is 38.5 Å². The Morgan fingerprint density at radius 1 is 0.533 bits per heavy atom. The molecule has 0 atom stereocenters. The van der Waals surface area contributed by atoms with Crippen LogP contribution in [0.4, 0.5) is 0 Å². The normalized spacial score (nSPS) is 13.0. The van der Waals surface area contributed by atoms with Gasteiger partial charge in [-0.3, -0.25) is 0 Å². The summed E-state index contributed by atoms with van der Waals surface area (Å²) in [5, 5.41) is 0. The van der Waals surface area contributed by atoms with E-state index in [4.69, 9.17) is 0 Å². The van der Waals surface area contributed by atoms with E-state index in [2.05, 4.69) is 97.6 Å². The Kier molecular flexibility index (Phi) is 16.9. The maximum atomic E-state index is 4.20. The van der Waals surface area contributed by atoms with Crippen molar-refractivity contribution in [1.82, 2.24) is 0 Å². The monoisotopic (exact) mass is 408 g/mol. The molecule has 0 aromatic rings. The van der Waals surface area contributed by atoms with E-state index in [1.54, 1.807) is 0 Å². The van der Waals surface area contributed by atoms with Gasteiger partial charge in [0.2, 0.25) is 0 Å². The van der Waals surface area contributed by atoms with Crippen molar-refractivity contribution in [2.75, 3.05) is 0 Å². The molecule has 0 spiro atoms. The minimum absolute atomic E-state index is 1.01. The zero-order chi connectivity index (χ0) is 22.8. The highest BCUT2D eigenvalue weighted by Gasteiger charge is 1.93. The van der Waals surface area contributed by atoms with Crippen LogP contribution in [-0.4, -0.2) is 0 Å². The molecular formula is C30H48. The van der Waals surface area contributed by atoms with Gasteiger partial charge in [0.1, 0.15) is 0 Å². The summed E-state index contributed by atoms with van der Waals surface area (Å²) in [6, 6.07) is 0. The van der Waals surface area contributed by atoms with Gasteiger partial charge in [-0.15, -0.1) is 0 Å². The molecule has 0 radical (unpaired) electrons. The van der Waals surface area contributed by atoms with Gasteiger partial charge in [-0.2, -0.15) is 0 Å². The third-order valence-corrected chi connectivity index (χ3v) is 5.13. The molecule has 0 amide bonds. The Morgan fingerprint density at radius 2 is 0.933 bits per heavy atom. The van der Waals surface area contributed by atoms with Gasteiger partial charge in [0, 0.05) is 0 Å². The molecule has 30 heavy (non-hydrogen) atoms. The van der Waals surface area contributed by atoms with Crippen LogP contribution in [0.3, 0.4) is 0 Å². The van der Waals surface area contributed by atoms with Crippen molar-refractivity contribution in [3.8, 4) is 0 Å². The molecule has 0 heterocycles. The minimum Gasteiger partial charge on any atom is -0.0958 e.